The normalized spacial score (nSPS) is 14.4. The van der Waals surface area contributed by atoms with Crippen LogP contribution in [0.15, 0.2) is 29.6 Å². The Balaban J connectivity index is 1.78. The van der Waals surface area contributed by atoms with Gasteiger partial charge >= 0.3 is 0 Å². The Labute approximate surface area is 116 Å². The van der Waals surface area contributed by atoms with E-state index in [0.717, 1.165) is 34.7 Å². The molecule has 3 rings (SSSR count). The zero-order valence-corrected chi connectivity index (χ0v) is 11.7. The Morgan fingerprint density at radius 3 is 2.89 bits per heavy atom. The van der Waals surface area contributed by atoms with E-state index in [1.807, 2.05) is 19.1 Å². The first-order valence-electron chi connectivity index (χ1n) is 6.52. The van der Waals surface area contributed by atoms with Gasteiger partial charge in [0.15, 0.2) is 0 Å². The van der Waals surface area contributed by atoms with Crippen LogP contribution >= 0.6 is 11.3 Å². The number of nitrogens with one attached hydrogen (secondary N) is 1. The maximum Gasteiger partial charge on any atom is 0.223 e. The van der Waals surface area contributed by atoms with Gasteiger partial charge in [0.25, 0.3) is 0 Å². The second kappa shape index (κ2) is 5.13. The number of hydrogen-bond donors (Lipinski definition) is 1. The van der Waals surface area contributed by atoms with Crippen molar-refractivity contribution in [1.29, 1.82) is 0 Å². The minimum absolute atomic E-state index is 0.185. The lowest BCUT2D eigenvalue weighted by atomic mass is 10.1. The molecule has 1 aromatic heterocycles. The van der Waals surface area contributed by atoms with Gasteiger partial charge in [0.1, 0.15) is 5.01 Å². The molecule has 0 spiro atoms. The van der Waals surface area contributed by atoms with Crippen molar-refractivity contribution in [2.45, 2.75) is 26.3 Å². The second-order valence-corrected chi connectivity index (χ2v) is 5.80. The van der Waals surface area contributed by atoms with Gasteiger partial charge in [-0.3, -0.25) is 4.79 Å². The summed E-state index contributed by atoms with van der Waals surface area (Å²) in [4.78, 5) is 16.2. The van der Waals surface area contributed by atoms with Gasteiger partial charge in [-0.1, -0.05) is 24.3 Å². The number of aromatic nitrogens is 1. The van der Waals surface area contributed by atoms with Crippen LogP contribution in [0.2, 0.25) is 0 Å². The smallest absolute Gasteiger partial charge is 0.223 e. The topological polar surface area (TPSA) is 42.0 Å². The van der Waals surface area contributed by atoms with Crippen LogP contribution in [0.3, 0.4) is 0 Å². The largest absolute Gasteiger partial charge is 0.352 e. The van der Waals surface area contributed by atoms with Crippen molar-refractivity contribution < 1.29 is 4.79 Å². The van der Waals surface area contributed by atoms with Crippen LogP contribution in [-0.4, -0.2) is 10.9 Å². The lowest BCUT2D eigenvalue weighted by Crippen LogP contribution is -2.24. The van der Waals surface area contributed by atoms with E-state index in [9.17, 15) is 4.79 Å². The highest BCUT2D eigenvalue weighted by Crippen LogP contribution is 2.30. The number of carbonyl (C=O) groups is 1. The van der Waals surface area contributed by atoms with E-state index < -0.39 is 0 Å². The molecular weight excluding hydrogens is 256 g/mol. The summed E-state index contributed by atoms with van der Waals surface area (Å²) in [7, 11) is 0. The molecule has 1 fully saturated rings. The predicted octanol–water partition coefficient (Wildman–Crippen LogP) is 3.14. The van der Waals surface area contributed by atoms with E-state index in [0.29, 0.717) is 6.54 Å². The van der Waals surface area contributed by atoms with Gasteiger partial charge in [-0.05, 0) is 25.3 Å². The molecule has 0 bridgehead atoms. The van der Waals surface area contributed by atoms with Crippen LogP contribution in [0.4, 0.5) is 0 Å². The molecular formula is C15H16N2OS. The highest BCUT2D eigenvalue weighted by atomic mass is 32.1. The molecule has 4 heteroatoms. The minimum atomic E-state index is 0.185. The van der Waals surface area contributed by atoms with Crippen molar-refractivity contribution in [2.75, 3.05) is 0 Å². The number of hydrogen-bond acceptors (Lipinski definition) is 3. The Hall–Kier alpha value is -1.68. The lowest BCUT2D eigenvalue weighted by Gasteiger charge is -2.08. The molecule has 1 saturated carbocycles. The van der Waals surface area contributed by atoms with E-state index in [2.05, 4.69) is 27.8 Å². The van der Waals surface area contributed by atoms with E-state index in [1.165, 1.54) is 0 Å². The summed E-state index contributed by atoms with van der Waals surface area (Å²) >= 11 is 1.65. The fourth-order valence-electron chi connectivity index (χ4n) is 2.03. The Kier molecular flexibility index (Phi) is 3.34. The molecule has 98 valence electrons. The fourth-order valence-corrected chi connectivity index (χ4v) is 2.89. The number of thiazole rings is 1. The van der Waals surface area contributed by atoms with Crippen molar-refractivity contribution in [3.8, 4) is 10.6 Å². The number of carbonyl (C=O) groups excluding carboxylic acids is 1. The second-order valence-electron chi connectivity index (χ2n) is 4.94. The number of aryl methyl sites for hydroxylation is 1. The summed E-state index contributed by atoms with van der Waals surface area (Å²) in [6.45, 7) is 2.58. The van der Waals surface area contributed by atoms with Crippen molar-refractivity contribution >= 4 is 17.2 Å². The van der Waals surface area contributed by atoms with Gasteiger partial charge in [0, 0.05) is 29.1 Å². The summed E-state index contributed by atoms with van der Waals surface area (Å²) in [5.41, 5.74) is 3.29. The van der Waals surface area contributed by atoms with E-state index in [4.69, 9.17) is 0 Å². The van der Waals surface area contributed by atoms with Gasteiger partial charge in [-0.25, -0.2) is 4.98 Å². The number of benzene rings is 1. The summed E-state index contributed by atoms with van der Waals surface area (Å²) in [6.07, 6.45) is 2.08. The van der Waals surface area contributed by atoms with E-state index in [-0.39, 0.29) is 11.8 Å². The summed E-state index contributed by atoms with van der Waals surface area (Å²) in [6, 6.07) is 8.14. The minimum Gasteiger partial charge on any atom is -0.352 e. The van der Waals surface area contributed by atoms with Crippen LogP contribution < -0.4 is 5.32 Å². The molecule has 1 aliphatic carbocycles. The van der Waals surface area contributed by atoms with Crippen molar-refractivity contribution in [3.63, 3.8) is 0 Å². The highest BCUT2D eigenvalue weighted by molar-refractivity contribution is 7.13. The van der Waals surface area contributed by atoms with Crippen molar-refractivity contribution in [3.05, 3.63) is 40.9 Å². The number of amides is 1. The maximum absolute atomic E-state index is 11.7. The molecule has 3 nitrogen and oxygen atoms in total. The monoisotopic (exact) mass is 272 g/mol. The van der Waals surface area contributed by atoms with Gasteiger partial charge < -0.3 is 5.32 Å². The van der Waals surface area contributed by atoms with Crippen LogP contribution in [0, 0.1) is 12.8 Å². The molecule has 1 aromatic carbocycles. The van der Waals surface area contributed by atoms with Crippen LogP contribution in [0.25, 0.3) is 10.6 Å². The average Bonchev–Trinajstić information content (AvgIpc) is 3.19. The zero-order valence-electron chi connectivity index (χ0n) is 10.8. The molecule has 0 unspecified atom stereocenters. The first-order chi connectivity index (χ1) is 9.24. The Morgan fingerprint density at radius 2 is 2.21 bits per heavy atom. The Morgan fingerprint density at radius 1 is 1.42 bits per heavy atom. The molecule has 1 heterocycles. The third kappa shape index (κ3) is 2.84. The maximum atomic E-state index is 11.7. The van der Waals surface area contributed by atoms with E-state index in [1.54, 1.807) is 11.3 Å². The van der Waals surface area contributed by atoms with Crippen molar-refractivity contribution in [1.82, 2.24) is 10.3 Å². The summed E-state index contributed by atoms with van der Waals surface area (Å²) in [5, 5.41) is 6.09. The third-order valence-electron chi connectivity index (χ3n) is 3.27. The molecule has 1 aliphatic rings. The molecule has 19 heavy (non-hydrogen) atoms. The van der Waals surface area contributed by atoms with Gasteiger partial charge in [0.2, 0.25) is 5.91 Å². The standard InChI is InChI=1S/C15H16N2OS/c1-10-9-19-15(17-10)13-5-3-2-4-12(13)8-16-14(18)11-6-7-11/h2-5,9,11H,6-8H2,1H3,(H,16,18). The van der Waals surface area contributed by atoms with Gasteiger partial charge in [-0.2, -0.15) is 0 Å². The lowest BCUT2D eigenvalue weighted by molar-refractivity contribution is -0.122. The Bertz CT molecular complexity index is 602. The quantitative estimate of drug-likeness (QED) is 0.929. The highest BCUT2D eigenvalue weighted by Gasteiger charge is 2.29. The third-order valence-corrected chi connectivity index (χ3v) is 4.26. The van der Waals surface area contributed by atoms with Crippen LogP contribution in [-0.2, 0) is 11.3 Å². The average molecular weight is 272 g/mol. The molecule has 2 aromatic rings. The van der Waals surface area contributed by atoms with Crippen LogP contribution in [0.1, 0.15) is 24.1 Å². The predicted molar refractivity (Wildman–Crippen MR) is 76.9 cm³/mol. The first-order valence-corrected chi connectivity index (χ1v) is 7.40. The van der Waals surface area contributed by atoms with Crippen molar-refractivity contribution in [2.24, 2.45) is 5.92 Å². The summed E-state index contributed by atoms with van der Waals surface area (Å²) < 4.78 is 0. The van der Waals surface area contributed by atoms with Gasteiger partial charge in [0.05, 0.1) is 0 Å². The molecule has 0 radical (unpaired) electrons. The molecule has 1 amide bonds. The fraction of sp³-hybridized carbons (Fsp3) is 0.333. The van der Waals surface area contributed by atoms with E-state index >= 15 is 0 Å². The van der Waals surface area contributed by atoms with Crippen LogP contribution in [0.5, 0.6) is 0 Å². The van der Waals surface area contributed by atoms with Gasteiger partial charge in [-0.15, -0.1) is 11.3 Å². The summed E-state index contributed by atoms with van der Waals surface area (Å²) in [5.74, 6) is 0.444. The zero-order chi connectivity index (χ0) is 13.2. The number of rotatable bonds is 4. The first kappa shape index (κ1) is 12.4. The number of nitrogens with zero attached hydrogens (tertiary/aromatic N) is 1. The molecule has 0 saturated heterocycles. The SMILES string of the molecule is Cc1csc(-c2ccccc2CNC(=O)C2CC2)n1. The molecule has 0 atom stereocenters. The molecule has 0 aliphatic heterocycles. The molecule has 1 N–H and O–H groups in total.